The monoisotopic (exact) mass is 382 g/mol. The summed E-state index contributed by atoms with van der Waals surface area (Å²) in [6.07, 6.45) is 9.02. The van der Waals surface area contributed by atoms with Gasteiger partial charge in [0, 0.05) is 45.1 Å². The molecular formula is C22H34N6. The molecule has 1 aromatic carbocycles. The number of hydrogen-bond donors (Lipinski definition) is 2. The Kier molecular flexibility index (Phi) is 7.91. The lowest BCUT2D eigenvalue weighted by Crippen LogP contribution is -2.41. The maximum absolute atomic E-state index is 4.35. The van der Waals surface area contributed by atoms with E-state index in [0.717, 1.165) is 38.1 Å². The Morgan fingerprint density at radius 3 is 2.89 bits per heavy atom. The van der Waals surface area contributed by atoms with Crippen LogP contribution in [-0.2, 0) is 13.1 Å². The van der Waals surface area contributed by atoms with Gasteiger partial charge in [0.2, 0.25) is 0 Å². The van der Waals surface area contributed by atoms with Crippen molar-refractivity contribution in [2.75, 3.05) is 26.7 Å². The first kappa shape index (κ1) is 20.4. The molecule has 1 unspecified atom stereocenters. The maximum atomic E-state index is 4.35. The van der Waals surface area contributed by atoms with Gasteiger partial charge in [-0.05, 0) is 49.9 Å². The molecule has 1 atom stereocenters. The van der Waals surface area contributed by atoms with Gasteiger partial charge in [-0.1, -0.05) is 30.7 Å². The first-order chi connectivity index (χ1) is 13.7. The summed E-state index contributed by atoms with van der Waals surface area (Å²) in [5.41, 5.74) is 2.50. The molecule has 0 saturated carbocycles. The third-order valence-electron chi connectivity index (χ3n) is 5.43. The lowest BCUT2D eigenvalue weighted by Gasteiger charge is -2.33. The highest BCUT2D eigenvalue weighted by molar-refractivity contribution is 5.79. The Balaban J connectivity index is 1.39. The molecule has 152 valence electrons. The highest BCUT2D eigenvalue weighted by atomic mass is 15.3. The second kappa shape index (κ2) is 10.9. The number of rotatable bonds is 8. The molecule has 6 heteroatoms. The molecule has 28 heavy (non-hydrogen) atoms. The predicted octanol–water partition coefficient (Wildman–Crippen LogP) is 2.86. The fraction of sp³-hybridized carbons (Fsp3) is 0.545. The largest absolute Gasteiger partial charge is 0.356 e. The summed E-state index contributed by atoms with van der Waals surface area (Å²) in [6, 6.07) is 11.3. The number of piperidine rings is 1. The molecule has 6 nitrogen and oxygen atoms in total. The molecule has 0 aliphatic carbocycles. The number of nitrogens with one attached hydrogen (secondary N) is 2. The second-order valence-electron chi connectivity index (χ2n) is 7.61. The zero-order valence-electron chi connectivity index (χ0n) is 17.3. The van der Waals surface area contributed by atoms with Crippen LogP contribution in [0.15, 0.2) is 47.7 Å². The maximum Gasteiger partial charge on any atom is 0.191 e. The average molecular weight is 383 g/mol. The van der Waals surface area contributed by atoms with Crippen molar-refractivity contribution in [2.45, 2.75) is 51.7 Å². The van der Waals surface area contributed by atoms with Crippen LogP contribution in [0.3, 0.4) is 0 Å². The van der Waals surface area contributed by atoms with Crippen molar-refractivity contribution in [1.29, 1.82) is 0 Å². The molecule has 0 radical (unpaired) electrons. The molecule has 1 saturated heterocycles. The average Bonchev–Trinajstić information content (AvgIpc) is 3.22. The van der Waals surface area contributed by atoms with Gasteiger partial charge in [-0.15, -0.1) is 0 Å². The second-order valence-corrected chi connectivity index (χ2v) is 7.61. The van der Waals surface area contributed by atoms with E-state index in [-0.39, 0.29) is 0 Å². The predicted molar refractivity (Wildman–Crippen MR) is 115 cm³/mol. The van der Waals surface area contributed by atoms with Crippen molar-refractivity contribution in [2.24, 2.45) is 4.99 Å². The SMILES string of the molecule is CN=C(NCCCN1CCCCC1C)NCc1cccc(Cn2cccn2)c1. The standard InChI is InChI=1S/C22H34N6/c1-19-8-3-4-13-27(19)14-6-11-24-22(23-2)25-17-20-9-5-10-21(16-20)18-28-15-7-12-26-28/h5,7,9-10,12,15-16,19H,3-4,6,8,11,13-14,17-18H2,1-2H3,(H2,23,24,25). The van der Waals surface area contributed by atoms with Crippen molar-refractivity contribution in [1.82, 2.24) is 25.3 Å². The van der Waals surface area contributed by atoms with E-state index in [9.17, 15) is 0 Å². The van der Waals surface area contributed by atoms with E-state index in [4.69, 9.17) is 0 Å². The molecule has 2 N–H and O–H groups in total. The van der Waals surface area contributed by atoms with Crippen LogP contribution in [0.5, 0.6) is 0 Å². The summed E-state index contributed by atoms with van der Waals surface area (Å²) in [5, 5.41) is 11.1. The first-order valence-corrected chi connectivity index (χ1v) is 10.5. The quantitative estimate of drug-likeness (QED) is 0.419. The Bertz CT molecular complexity index is 724. The highest BCUT2D eigenvalue weighted by Crippen LogP contribution is 2.16. The third-order valence-corrected chi connectivity index (χ3v) is 5.43. The minimum atomic E-state index is 0.736. The summed E-state index contributed by atoms with van der Waals surface area (Å²) >= 11 is 0. The van der Waals surface area contributed by atoms with Crippen LogP contribution in [0.25, 0.3) is 0 Å². The Morgan fingerprint density at radius 2 is 2.11 bits per heavy atom. The van der Waals surface area contributed by atoms with E-state index in [1.54, 1.807) is 0 Å². The smallest absolute Gasteiger partial charge is 0.191 e. The molecular weight excluding hydrogens is 348 g/mol. The number of aliphatic imine (C=N–C) groups is 1. The van der Waals surface area contributed by atoms with Gasteiger partial charge in [-0.3, -0.25) is 9.67 Å². The van der Waals surface area contributed by atoms with E-state index in [0.29, 0.717) is 0 Å². The van der Waals surface area contributed by atoms with E-state index >= 15 is 0 Å². The Labute approximate surface area is 169 Å². The normalized spacial score (nSPS) is 18.2. The van der Waals surface area contributed by atoms with Crippen LogP contribution in [-0.4, -0.2) is 53.4 Å². The topological polar surface area (TPSA) is 57.5 Å². The number of guanidine groups is 1. The first-order valence-electron chi connectivity index (χ1n) is 10.5. The number of nitrogens with zero attached hydrogens (tertiary/aromatic N) is 4. The van der Waals surface area contributed by atoms with Crippen molar-refractivity contribution >= 4 is 5.96 Å². The van der Waals surface area contributed by atoms with Crippen LogP contribution in [0, 0.1) is 0 Å². The summed E-state index contributed by atoms with van der Waals surface area (Å²) < 4.78 is 1.94. The van der Waals surface area contributed by atoms with Gasteiger partial charge in [0.15, 0.2) is 5.96 Å². The lowest BCUT2D eigenvalue weighted by atomic mass is 10.0. The summed E-state index contributed by atoms with van der Waals surface area (Å²) in [7, 11) is 1.83. The molecule has 1 fully saturated rings. The van der Waals surface area contributed by atoms with Gasteiger partial charge in [0.1, 0.15) is 0 Å². The van der Waals surface area contributed by atoms with Gasteiger partial charge in [0.25, 0.3) is 0 Å². The van der Waals surface area contributed by atoms with Crippen LogP contribution >= 0.6 is 0 Å². The zero-order valence-corrected chi connectivity index (χ0v) is 17.3. The van der Waals surface area contributed by atoms with Crippen molar-refractivity contribution in [3.05, 3.63) is 53.9 Å². The molecule has 2 heterocycles. The van der Waals surface area contributed by atoms with Gasteiger partial charge in [-0.2, -0.15) is 5.10 Å². The molecule has 0 amide bonds. The van der Waals surface area contributed by atoms with Crippen LogP contribution in [0.2, 0.25) is 0 Å². The van der Waals surface area contributed by atoms with Gasteiger partial charge in [0.05, 0.1) is 6.54 Å². The summed E-state index contributed by atoms with van der Waals surface area (Å²) in [6.45, 7) is 7.28. The van der Waals surface area contributed by atoms with E-state index in [2.05, 4.69) is 56.8 Å². The molecule has 1 aromatic heterocycles. The fourth-order valence-corrected chi connectivity index (χ4v) is 3.80. The highest BCUT2D eigenvalue weighted by Gasteiger charge is 2.17. The number of benzene rings is 1. The summed E-state index contributed by atoms with van der Waals surface area (Å²) in [4.78, 5) is 6.97. The number of aromatic nitrogens is 2. The van der Waals surface area contributed by atoms with Crippen LogP contribution < -0.4 is 10.6 Å². The molecule has 1 aliphatic heterocycles. The molecule has 0 spiro atoms. The van der Waals surface area contributed by atoms with Gasteiger partial charge >= 0.3 is 0 Å². The minimum absolute atomic E-state index is 0.736. The third kappa shape index (κ3) is 6.37. The van der Waals surface area contributed by atoms with E-state index in [1.165, 1.54) is 43.5 Å². The van der Waals surface area contributed by atoms with Crippen molar-refractivity contribution in [3.8, 4) is 0 Å². The van der Waals surface area contributed by atoms with Crippen molar-refractivity contribution in [3.63, 3.8) is 0 Å². The van der Waals surface area contributed by atoms with Gasteiger partial charge in [-0.25, -0.2) is 0 Å². The lowest BCUT2D eigenvalue weighted by molar-refractivity contribution is 0.159. The summed E-state index contributed by atoms with van der Waals surface area (Å²) in [5.74, 6) is 0.865. The molecule has 0 bridgehead atoms. The van der Waals surface area contributed by atoms with Crippen LogP contribution in [0.4, 0.5) is 0 Å². The minimum Gasteiger partial charge on any atom is -0.356 e. The molecule has 1 aliphatic rings. The van der Waals surface area contributed by atoms with E-state index in [1.807, 2.05) is 30.2 Å². The Hall–Kier alpha value is -2.34. The molecule has 3 rings (SSSR count). The van der Waals surface area contributed by atoms with Gasteiger partial charge < -0.3 is 15.5 Å². The number of likely N-dealkylation sites (tertiary alicyclic amines) is 1. The number of hydrogen-bond acceptors (Lipinski definition) is 3. The van der Waals surface area contributed by atoms with Crippen molar-refractivity contribution < 1.29 is 0 Å². The zero-order chi connectivity index (χ0) is 19.6. The molecule has 2 aromatic rings. The van der Waals surface area contributed by atoms with E-state index < -0.39 is 0 Å². The Morgan fingerprint density at radius 1 is 1.21 bits per heavy atom. The fourth-order valence-electron chi connectivity index (χ4n) is 3.80. The van der Waals surface area contributed by atoms with Crippen LogP contribution in [0.1, 0.15) is 43.7 Å².